The van der Waals surface area contributed by atoms with E-state index in [0.29, 0.717) is 0 Å². The van der Waals surface area contributed by atoms with E-state index in [1.165, 1.54) is 77.0 Å². The van der Waals surface area contributed by atoms with Crippen LogP contribution >= 0.6 is 0 Å². The first-order valence-corrected chi connectivity index (χ1v) is 67.2. The highest BCUT2D eigenvalue weighted by Crippen LogP contribution is 2.60. The van der Waals surface area contributed by atoms with E-state index in [2.05, 4.69) is 199 Å². The lowest BCUT2D eigenvalue weighted by atomic mass is 10.1. The van der Waals surface area contributed by atoms with Crippen molar-refractivity contribution < 1.29 is 0 Å². The molecule has 0 atom stereocenters. The highest BCUT2D eigenvalue weighted by atomic mass is 29.8. The zero-order valence-electron chi connectivity index (χ0n) is 51.3. The van der Waals surface area contributed by atoms with Crippen LogP contribution in [0.15, 0.2) is 9.98 Å². The van der Waals surface area contributed by atoms with Gasteiger partial charge in [-0.1, -0.05) is 304 Å². The van der Waals surface area contributed by atoms with Crippen molar-refractivity contribution in [1.82, 2.24) is 0 Å². The third kappa shape index (κ3) is 18.6. The largest absolute Gasteiger partial charge is 0.251 e. The van der Waals surface area contributed by atoms with E-state index in [1.807, 2.05) is 0 Å². The second-order valence-corrected chi connectivity index (χ2v) is 105. The van der Waals surface area contributed by atoms with Crippen LogP contribution in [0.1, 0.15) is 119 Å². The van der Waals surface area contributed by atoms with Gasteiger partial charge in [-0.15, -0.1) is 0 Å². The minimum atomic E-state index is -2.36. The van der Waals surface area contributed by atoms with Crippen molar-refractivity contribution in [1.29, 1.82) is 0 Å². The number of nitrogens with zero attached hydrogens (tertiary/aromatic N) is 2. The maximum Gasteiger partial charge on any atom is 0.0959 e. The Kier molecular flexibility index (Phi) is 27.5. The van der Waals surface area contributed by atoms with Gasteiger partial charge in [0.25, 0.3) is 0 Å². The Balaban J connectivity index is 10.6. The topological polar surface area (TPSA) is 24.7 Å². The molecule has 0 bridgehead atoms. The Hall–Kier alpha value is 1.76. The Labute approximate surface area is 431 Å². The molecular formula is C52H124N2Si12. The van der Waals surface area contributed by atoms with Crippen LogP contribution in [0.25, 0.3) is 0 Å². The summed E-state index contributed by atoms with van der Waals surface area (Å²) >= 11 is 0. The summed E-state index contributed by atoms with van der Waals surface area (Å²) in [5, 5.41) is 0. The first kappa shape index (κ1) is 67.8. The molecule has 0 N–H and O–H groups in total. The van der Waals surface area contributed by atoms with Gasteiger partial charge in [0.2, 0.25) is 0 Å². The van der Waals surface area contributed by atoms with Crippen molar-refractivity contribution in [2.75, 3.05) is 13.1 Å². The van der Waals surface area contributed by atoms with E-state index in [9.17, 15) is 0 Å². The predicted molar refractivity (Wildman–Crippen MR) is 346 cm³/mol. The zero-order valence-corrected chi connectivity index (χ0v) is 63.3. The van der Waals surface area contributed by atoms with Gasteiger partial charge in [-0.3, -0.25) is 9.98 Å². The van der Waals surface area contributed by atoms with E-state index >= 15 is 0 Å². The van der Waals surface area contributed by atoms with Gasteiger partial charge in [0.1, 0.15) is 0 Å². The highest BCUT2D eigenvalue weighted by Gasteiger charge is 2.71. The predicted octanol–water partition coefficient (Wildman–Crippen LogP) is 19.1. The van der Waals surface area contributed by atoms with Crippen LogP contribution < -0.4 is 0 Å². The molecule has 390 valence electrons. The third-order valence-corrected chi connectivity index (χ3v) is 129. The Bertz CT molecular complexity index is 1330. The fourth-order valence-corrected chi connectivity index (χ4v) is 223. The van der Waals surface area contributed by atoms with Crippen molar-refractivity contribution in [2.24, 2.45) is 9.98 Å². The summed E-state index contributed by atoms with van der Waals surface area (Å²) < 4.78 is 0. The molecule has 66 heavy (non-hydrogen) atoms. The molecule has 0 heterocycles. The third-order valence-electron chi connectivity index (χ3n) is 15.5. The van der Waals surface area contributed by atoms with Crippen molar-refractivity contribution in [3.63, 3.8) is 0 Å². The molecule has 0 aliphatic heterocycles. The monoisotopic (exact) mass is 1110 g/mol. The van der Waals surface area contributed by atoms with E-state index < -0.39 is 94.7 Å². The summed E-state index contributed by atoms with van der Waals surface area (Å²) in [5.74, 6) is 0. The molecule has 0 aromatic heterocycles. The zero-order chi connectivity index (χ0) is 52.3. The molecule has 0 saturated carbocycles. The summed E-state index contributed by atoms with van der Waals surface area (Å²) in [6.07, 6.45) is 16.0. The lowest BCUT2D eigenvalue weighted by Crippen LogP contribution is -2.82. The van der Waals surface area contributed by atoms with E-state index in [-0.39, 0.29) is 0 Å². The van der Waals surface area contributed by atoms with Crippen LogP contribution in [0, 0.1) is 0 Å². The van der Waals surface area contributed by atoms with Gasteiger partial charge in [-0.2, -0.15) is 0 Å². The molecular weight excluding hydrogens is 990 g/mol. The Morgan fingerprint density at radius 2 is 0.485 bits per heavy atom. The fourth-order valence-electron chi connectivity index (χ4n) is 16.7. The molecule has 0 aliphatic rings. The SMILES string of the molecule is CCCCCCCCN=C=[Si]([Si](=C=NCCCCCCCC)[Si](C(C)C)(C([Si](C)(C)C)[Si](C)(C)C)C([Si](C)(C)C)[Si](C)(C)C)[Si](C(C)C)(C([Si](C)(C)C)[Si](C)(C)C)C([Si](C)(C)C)[Si](C)(C)C. The molecule has 0 unspecified atom stereocenters. The first-order chi connectivity index (χ1) is 29.5. The van der Waals surface area contributed by atoms with Crippen LogP contribution in [0.5, 0.6) is 0 Å². The molecule has 0 rings (SSSR count). The lowest BCUT2D eigenvalue weighted by Gasteiger charge is -2.65. The molecule has 0 saturated heterocycles. The summed E-state index contributed by atoms with van der Waals surface area (Å²) in [6, 6.07) is 0. The minimum absolute atomic E-state index is 0.726. The number of unbranched alkanes of at least 4 members (excludes halogenated alkanes) is 10. The average Bonchev–Trinajstić information content (AvgIpc) is 3.05. The maximum atomic E-state index is 5.98. The van der Waals surface area contributed by atoms with Crippen LogP contribution in [-0.4, -0.2) is 119 Å². The highest BCUT2D eigenvalue weighted by molar-refractivity contribution is 7.76. The molecule has 0 spiro atoms. The van der Waals surface area contributed by atoms with Crippen molar-refractivity contribution in [3.05, 3.63) is 0 Å². The van der Waals surface area contributed by atoms with Gasteiger partial charge < -0.3 is 0 Å². The molecule has 0 aromatic rings. The van der Waals surface area contributed by atoms with Gasteiger partial charge in [0.15, 0.2) is 0 Å². The second kappa shape index (κ2) is 26.8. The quantitative estimate of drug-likeness (QED) is 0.0376. The average molecular weight is 1110 g/mol. The standard InChI is InChI=1S/C52H124N2Si12/c1-31-33-35-37-39-41-43-53-45-55(65(47(3)4,49(57(7,8)9)58(10,11)12)50(59(13,14)15)60(16,17)18)56(46-54-44-42-40-38-36-34-32-2)66(48(5)6,51(61(19,20)21)62(22,23)24)52(63(25,26)27)64(28,29)30/h47-52H,31-44H2,1-30H3. The molecule has 0 amide bonds. The number of rotatable bonds is 31. The molecule has 0 fully saturated rings. The van der Waals surface area contributed by atoms with E-state index in [1.54, 1.807) is 0 Å². The van der Waals surface area contributed by atoms with E-state index in [4.69, 9.17) is 20.9 Å². The number of hydrogen-bond donors (Lipinski definition) is 0. The minimum Gasteiger partial charge on any atom is -0.251 e. The van der Waals surface area contributed by atoms with Gasteiger partial charge in [-0.05, 0) is 12.8 Å². The lowest BCUT2D eigenvalue weighted by molar-refractivity contribution is 0.613. The summed E-state index contributed by atoms with van der Waals surface area (Å²) in [7, 11) is -21.4. The van der Waals surface area contributed by atoms with Crippen LogP contribution in [0.4, 0.5) is 0 Å². The van der Waals surface area contributed by atoms with Gasteiger partial charge in [-0.25, -0.2) is 0 Å². The van der Waals surface area contributed by atoms with Gasteiger partial charge in [0, 0.05) is 77.7 Å². The molecule has 0 aromatic carbocycles. The number of hydrogen-bond acceptors (Lipinski definition) is 2. The van der Waals surface area contributed by atoms with Gasteiger partial charge >= 0.3 is 0 Å². The maximum absolute atomic E-state index is 5.98. The molecule has 0 radical (unpaired) electrons. The fraction of sp³-hybridized carbons (Fsp3) is 0.962. The summed E-state index contributed by atoms with van der Waals surface area (Å²) in [6.45, 7) is 87.3. The smallest absolute Gasteiger partial charge is 0.0959 e. The van der Waals surface area contributed by atoms with Crippen molar-refractivity contribution >= 4 is 106 Å². The summed E-state index contributed by atoms with van der Waals surface area (Å²) in [5.41, 5.74) is 11.1. The normalized spacial score (nSPS) is 14.5. The number of aliphatic imine (C=N–C) groups is 2. The van der Waals surface area contributed by atoms with Crippen molar-refractivity contribution in [2.45, 2.75) is 306 Å². The second-order valence-electron chi connectivity index (χ2n) is 31.1. The van der Waals surface area contributed by atoms with Crippen molar-refractivity contribution in [3.8, 4) is 0 Å². The van der Waals surface area contributed by atoms with Crippen LogP contribution in [0.2, 0.25) is 187 Å². The first-order valence-electron chi connectivity index (χ1n) is 28.1. The molecule has 0 aliphatic carbocycles. The molecule has 14 heteroatoms. The van der Waals surface area contributed by atoms with Crippen LogP contribution in [0.3, 0.4) is 0 Å². The van der Waals surface area contributed by atoms with Crippen LogP contribution in [-0.2, 0) is 0 Å². The van der Waals surface area contributed by atoms with E-state index in [0.717, 1.165) is 43.3 Å². The Morgan fingerprint density at radius 3 is 0.652 bits per heavy atom. The molecule has 2 nitrogen and oxygen atoms in total. The summed E-state index contributed by atoms with van der Waals surface area (Å²) in [4.78, 5) is 15.7. The Morgan fingerprint density at radius 1 is 0.303 bits per heavy atom. The van der Waals surface area contributed by atoms with Gasteiger partial charge in [0.05, 0.1) is 30.1 Å².